The molecule has 282 valence electrons. The maximum Gasteiger partial charge on any atom is 0.222 e. The summed E-state index contributed by atoms with van der Waals surface area (Å²) in [6.07, 6.45) is 47.4. The van der Waals surface area contributed by atoms with Crippen LogP contribution in [0.3, 0.4) is 0 Å². The van der Waals surface area contributed by atoms with Crippen LogP contribution in [0.2, 0.25) is 0 Å². The Morgan fingerprint density at radius 2 is 0.917 bits per heavy atom. The molecule has 0 radical (unpaired) electrons. The summed E-state index contributed by atoms with van der Waals surface area (Å²) < 4.78 is 0. The Morgan fingerprint density at radius 3 is 1.40 bits per heavy atom. The second kappa shape index (κ2) is 38.4. The normalized spacial score (nSPS) is 14.0. The number of rotatable bonds is 37. The molecule has 0 bridgehead atoms. The predicted molar refractivity (Wildman–Crippen MR) is 208 cm³/mol. The lowest BCUT2D eigenvalue weighted by molar-refractivity contribution is -0.124. The monoisotopic (exact) mass is 676 g/mol. The van der Waals surface area contributed by atoms with Crippen molar-refractivity contribution >= 4 is 5.91 Å². The van der Waals surface area contributed by atoms with Crippen LogP contribution in [0.5, 0.6) is 0 Å². The first-order valence-corrected chi connectivity index (χ1v) is 20.8. The van der Waals surface area contributed by atoms with Crippen molar-refractivity contribution in [2.45, 2.75) is 225 Å². The summed E-state index contributed by atoms with van der Waals surface area (Å²) in [4.78, 5) is 12.3. The fourth-order valence-electron chi connectivity index (χ4n) is 6.16. The highest BCUT2D eigenvalue weighted by atomic mass is 16.3. The van der Waals surface area contributed by atoms with Crippen LogP contribution in [0.4, 0.5) is 0 Å². The quantitative estimate of drug-likeness (QED) is 0.0390. The highest BCUT2D eigenvalue weighted by Crippen LogP contribution is 2.15. The lowest BCUT2D eigenvalue weighted by Crippen LogP contribution is -2.45. The summed E-state index contributed by atoms with van der Waals surface area (Å²) in [5, 5.41) is 32.9. The van der Waals surface area contributed by atoms with Gasteiger partial charge in [-0.25, -0.2) is 0 Å². The minimum absolute atomic E-state index is 0.0103. The molecule has 0 aliphatic heterocycles. The third-order valence-electron chi connectivity index (χ3n) is 9.40. The van der Waals surface area contributed by atoms with Crippen molar-refractivity contribution in [3.8, 4) is 0 Å². The van der Waals surface area contributed by atoms with E-state index in [2.05, 4.69) is 43.5 Å². The van der Waals surface area contributed by atoms with E-state index in [1.165, 1.54) is 135 Å². The Kier molecular flexibility index (Phi) is 37.2. The molecule has 0 aromatic heterocycles. The number of unbranched alkanes of at least 4 members (excludes halogenated alkanes) is 24. The number of aliphatic hydroxyl groups is 3. The molecule has 0 saturated carbocycles. The summed E-state index contributed by atoms with van der Waals surface area (Å²) in [6, 6.07) is -0.765. The minimum atomic E-state index is -0.955. The number of hydrogen-bond donors (Lipinski definition) is 4. The smallest absolute Gasteiger partial charge is 0.222 e. The lowest BCUT2D eigenvalue weighted by Gasteiger charge is -2.20. The zero-order chi connectivity index (χ0) is 35.2. The van der Waals surface area contributed by atoms with E-state index >= 15 is 0 Å². The van der Waals surface area contributed by atoms with Gasteiger partial charge in [-0.1, -0.05) is 185 Å². The van der Waals surface area contributed by atoms with Gasteiger partial charge in [0.15, 0.2) is 0 Å². The van der Waals surface area contributed by atoms with Gasteiger partial charge in [0, 0.05) is 0 Å². The van der Waals surface area contributed by atoms with Gasteiger partial charge in [0.25, 0.3) is 0 Å². The molecule has 0 aromatic carbocycles. The first kappa shape index (κ1) is 46.6. The van der Waals surface area contributed by atoms with Crippen LogP contribution in [0, 0.1) is 0 Å². The summed E-state index contributed by atoms with van der Waals surface area (Å²) in [5.74, 6) is -0.341. The standard InChI is InChI=1S/C43H81NO4/c1-3-5-7-9-11-13-14-15-16-17-18-19-20-21-22-23-24-25-26-27-28-29-31-33-35-37-42(47)41(39-45)44-43(48)38-40(46)36-34-32-30-12-10-8-6-4-2/h10,12,28-29,35,37,40-42,45-47H,3-9,11,13-27,30-34,36,38-39H2,1-2H3,(H,44,48)/b12-10-,29-28+,37-35+. The largest absolute Gasteiger partial charge is 0.394 e. The molecule has 5 heteroatoms. The zero-order valence-corrected chi connectivity index (χ0v) is 31.9. The third-order valence-corrected chi connectivity index (χ3v) is 9.40. The maximum atomic E-state index is 12.3. The van der Waals surface area contributed by atoms with Gasteiger partial charge in [-0.2, -0.15) is 0 Å². The Labute approximate surface area is 298 Å². The molecule has 5 nitrogen and oxygen atoms in total. The van der Waals surface area contributed by atoms with E-state index in [1.54, 1.807) is 6.08 Å². The van der Waals surface area contributed by atoms with E-state index < -0.39 is 18.2 Å². The molecule has 0 aliphatic rings. The van der Waals surface area contributed by atoms with Gasteiger partial charge in [-0.3, -0.25) is 4.79 Å². The average molecular weight is 676 g/mol. The number of amides is 1. The number of hydrogen-bond acceptors (Lipinski definition) is 4. The van der Waals surface area contributed by atoms with Gasteiger partial charge in [-0.15, -0.1) is 0 Å². The number of carbonyl (C=O) groups is 1. The lowest BCUT2D eigenvalue weighted by atomic mass is 10.0. The first-order valence-electron chi connectivity index (χ1n) is 20.8. The summed E-state index contributed by atoms with van der Waals surface area (Å²) in [6.45, 7) is 4.13. The van der Waals surface area contributed by atoms with E-state index in [9.17, 15) is 20.1 Å². The zero-order valence-electron chi connectivity index (χ0n) is 31.9. The topological polar surface area (TPSA) is 89.8 Å². The number of aliphatic hydroxyl groups excluding tert-OH is 3. The Morgan fingerprint density at radius 1 is 0.521 bits per heavy atom. The van der Waals surface area contributed by atoms with Gasteiger partial charge >= 0.3 is 0 Å². The van der Waals surface area contributed by atoms with Crippen LogP contribution in [-0.4, -0.2) is 46.1 Å². The van der Waals surface area contributed by atoms with Crippen molar-refractivity contribution in [2.75, 3.05) is 6.61 Å². The van der Waals surface area contributed by atoms with E-state index in [4.69, 9.17) is 0 Å². The van der Waals surface area contributed by atoms with Gasteiger partial charge in [0.05, 0.1) is 31.3 Å². The predicted octanol–water partition coefficient (Wildman–Crippen LogP) is 11.6. The Hall–Kier alpha value is -1.43. The molecule has 4 N–H and O–H groups in total. The minimum Gasteiger partial charge on any atom is -0.394 e. The Balaban J connectivity index is 3.65. The van der Waals surface area contributed by atoms with E-state index in [1.807, 2.05) is 6.08 Å². The molecular formula is C43H81NO4. The third kappa shape index (κ3) is 34.4. The Bertz CT molecular complexity index is 749. The van der Waals surface area contributed by atoms with Crippen LogP contribution >= 0.6 is 0 Å². The molecule has 1 amide bonds. The van der Waals surface area contributed by atoms with Crippen molar-refractivity contribution in [3.05, 3.63) is 36.5 Å². The van der Waals surface area contributed by atoms with E-state index in [0.29, 0.717) is 6.42 Å². The SMILES string of the molecule is CCCC/C=C\CCCCC(O)CC(=O)NC(CO)C(O)/C=C/CC/C=C/CCCCCCCCCCCCCCCCCCCCC. The fourth-order valence-corrected chi connectivity index (χ4v) is 6.16. The van der Waals surface area contributed by atoms with Crippen molar-refractivity contribution in [1.29, 1.82) is 0 Å². The van der Waals surface area contributed by atoms with Crippen molar-refractivity contribution in [2.24, 2.45) is 0 Å². The van der Waals surface area contributed by atoms with Crippen molar-refractivity contribution < 1.29 is 20.1 Å². The average Bonchev–Trinajstić information content (AvgIpc) is 3.08. The number of carbonyl (C=O) groups excluding carboxylic acids is 1. The number of nitrogens with one attached hydrogen (secondary N) is 1. The summed E-state index contributed by atoms with van der Waals surface area (Å²) in [7, 11) is 0. The fraction of sp³-hybridized carbons (Fsp3) is 0.837. The molecule has 0 aromatic rings. The summed E-state index contributed by atoms with van der Waals surface area (Å²) >= 11 is 0. The van der Waals surface area contributed by atoms with Crippen LogP contribution in [0.1, 0.15) is 206 Å². The first-order chi connectivity index (χ1) is 23.5. The number of allylic oxidation sites excluding steroid dienone is 5. The van der Waals surface area contributed by atoms with Gasteiger partial charge in [0.1, 0.15) is 0 Å². The molecule has 0 rings (SSSR count). The second-order valence-corrected chi connectivity index (χ2v) is 14.2. The van der Waals surface area contributed by atoms with Gasteiger partial charge < -0.3 is 20.6 Å². The molecule has 48 heavy (non-hydrogen) atoms. The molecule has 0 aliphatic carbocycles. The van der Waals surface area contributed by atoms with E-state index in [0.717, 1.165) is 44.9 Å². The van der Waals surface area contributed by atoms with Crippen LogP contribution in [-0.2, 0) is 4.79 Å². The molecule has 3 atom stereocenters. The van der Waals surface area contributed by atoms with Crippen molar-refractivity contribution in [1.82, 2.24) is 5.32 Å². The molecule has 0 saturated heterocycles. The van der Waals surface area contributed by atoms with Crippen molar-refractivity contribution in [3.63, 3.8) is 0 Å². The van der Waals surface area contributed by atoms with Crippen LogP contribution in [0.25, 0.3) is 0 Å². The maximum absolute atomic E-state index is 12.3. The molecule has 0 heterocycles. The highest BCUT2D eigenvalue weighted by molar-refractivity contribution is 5.76. The van der Waals surface area contributed by atoms with Crippen LogP contribution < -0.4 is 5.32 Å². The molecule has 3 unspecified atom stereocenters. The highest BCUT2D eigenvalue weighted by Gasteiger charge is 2.20. The van der Waals surface area contributed by atoms with Crippen LogP contribution in [0.15, 0.2) is 36.5 Å². The molecule has 0 spiro atoms. The molecule has 0 fully saturated rings. The summed E-state index contributed by atoms with van der Waals surface area (Å²) in [5.41, 5.74) is 0. The molecular weight excluding hydrogens is 594 g/mol. The second-order valence-electron chi connectivity index (χ2n) is 14.2. The van der Waals surface area contributed by atoms with E-state index in [-0.39, 0.29) is 18.9 Å². The van der Waals surface area contributed by atoms with Gasteiger partial charge in [-0.05, 0) is 51.4 Å². The van der Waals surface area contributed by atoms with Gasteiger partial charge in [0.2, 0.25) is 5.91 Å².